The standard InChI is InChI=1S/C33H37ClN2O4/c1-6-7-8-23-9-11-24(12-10-23)20(2)35-32(37)26-14-16-28-29(21(3)36(5)31(28)18-26)17-25-13-15-27(19-30(25)34)40-22(4)33(38)39/h9-16,18-20,22H,6-8,17H2,1-5H3,(H,35,37)(H,38,39)/t20-,22+/m0/s1. The van der Waals surface area contributed by atoms with Gasteiger partial charge in [0.05, 0.1) is 6.04 Å². The fraction of sp³-hybridized carbons (Fsp3) is 0.333. The summed E-state index contributed by atoms with van der Waals surface area (Å²) in [5.41, 5.74) is 7.09. The van der Waals surface area contributed by atoms with Crippen LogP contribution in [0.2, 0.25) is 5.02 Å². The summed E-state index contributed by atoms with van der Waals surface area (Å²) in [4.78, 5) is 24.3. The van der Waals surface area contributed by atoms with E-state index >= 15 is 0 Å². The van der Waals surface area contributed by atoms with Gasteiger partial charge in [-0.25, -0.2) is 4.79 Å². The molecule has 0 aliphatic heterocycles. The molecule has 0 bridgehead atoms. The Morgan fingerprint density at radius 2 is 1.77 bits per heavy atom. The first-order valence-corrected chi connectivity index (χ1v) is 14.1. The van der Waals surface area contributed by atoms with Gasteiger partial charge in [-0.3, -0.25) is 4.79 Å². The molecule has 0 radical (unpaired) electrons. The van der Waals surface area contributed by atoms with E-state index in [9.17, 15) is 9.59 Å². The number of benzene rings is 3. The third-order valence-electron chi connectivity index (χ3n) is 7.58. The summed E-state index contributed by atoms with van der Waals surface area (Å²) in [7, 11) is 2.00. The van der Waals surface area contributed by atoms with Crippen LogP contribution in [0.5, 0.6) is 5.75 Å². The molecule has 7 heteroatoms. The van der Waals surface area contributed by atoms with Crippen LogP contribution in [0.4, 0.5) is 0 Å². The first-order valence-electron chi connectivity index (χ1n) is 13.7. The van der Waals surface area contributed by atoms with E-state index < -0.39 is 12.1 Å². The van der Waals surface area contributed by atoms with Crippen LogP contribution >= 0.6 is 11.6 Å². The highest BCUT2D eigenvalue weighted by molar-refractivity contribution is 6.31. The number of carboxylic acid groups (broad SMARTS) is 1. The highest BCUT2D eigenvalue weighted by Crippen LogP contribution is 2.32. The van der Waals surface area contributed by atoms with Gasteiger partial charge < -0.3 is 19.7 Å². The monoisotopic (exact) mass is 560 g/mol. The van der Waals surface area contributed by atoms with Crippen molar-refractivity contribution < 1.29 is 19.4 Å². The summed E-state index contributed by atoms with van der Waals surface area (Å²) in [6, 6.07) is 19.5. The SMILES string of the molecule is CCCCc1ccc([C@H](C)NC(=O)c2ccc3c(Cc4ccc(O[C@H](C)C(=O)O)cc4Cl)c(C)n(C)c3c2)cc1. The Labute approximate surface area is 240 Å². The molecule has 0 aliphatic carbocycles. The third-order valence-corrected chi connectivity index (χ3v) is 7.94. The van der Waals surface area contributed by atoms with E-state index in [1.807, 2.05) is 38.2 Å². The lowest BCUT2D eigenvalue weighted by Crippen LogP contribution is -2.26. The number of amides is 1. The van der Waals surface area contributed by atoms with Crippen LogP contribution in [0.1, 0.15) is 78.0 Å². The average Bonchev–Trinajstić information content (AvgIpc) is 3.17. The molecule has 2 N–H and O–H groups in total. The van der Waals surface area contributed by atoms with Gasteiger partial charge in [0, 0.05) is 40.7 Å². The van der Waals surface area contributed by atoms with Crippen LogP contribution in [-0.4, -0.2) is 27.7 Å². The zero-order valence-electron chi connectivity index (χ0n) is 23.8. The maximum absolute atomic E-state index is 13.2. The summed E-state index contributed by atoms with van der Waals surface area (Å²) < 4.78 is 7.54. The number of nitrogens with zero attached hydrogens (tertiary/aromatic N) is 1. The molecule has 0 aliphatic rings. The van der Waals surface area contributed by atoms with Gasteiger partial charge in [-0.1, -0.05) is 61.3 Å². The highest BCUT2D eigenvalue weighted by atomic mass is 35.5. The van der Waals surface area contributed by atoms with Crippen molar-refractivity contribution in [2.24, 2.45) is 7.05 Å². The van der Waals surface area contributed by atoms with Crippen molar-refractivity contribution in [3.8, 4) is 5.75 Å². The summed E-state index contributed by atoms with van der Waals surface area (Å²) in [5, 5.41) is 13.8. The van der Waals surface area contributed by atoms with E-state index in [-0.39, 0.29) is 11.9 Å². The number of hydrogen-bond acceptors (Lipinski definition) is 3. The Morgan fingerprint density at radius 3 is 2.42 bits per heavy atom. The molecule has 4 aromatic rings. The minimum absolute atomic E-state index is 0.110. The lowest BCUT2D eigenvalue weighted by molar-refractivity contribution is -0.144. The van der Waals surface area contributed by atoms with Crippen molar-refractivity contribution in [2.75, 3.05) is 0 Å². The molecule has 2 atom stereocenters. The second-order valence-corrected chi connectivity index (χ2v) is 10.8. The zero-order valence-corrected chi connectivity index (χ0v) is 24.5. The van der Waals surface area contributed by atoms with Gasteiger partial charge in [0.2, 0.25) is 0 Å². The van der Waals surface area contributed by atoms with Gasteiger partial charge in [0.25, 0.3) is 5.91 Å². The molecule has 0 saturated heterocycles. The number of rotatable bonds is 11. The minimum Gasteiger partial charge on any atom is -0.479 e. The molecule has 210 valence electrons. The van der Waals surface area contributed by atoms with Gasteiger partial charge in [0.1, 0.15) is 5.75 Å². The largest absolute Gasteiger partial charge is 0.479 e. The predicted octanol–water partition coefficient (Wildman–Crippen LogP) is 7.42. The molecule has 0 unspecified atom stereocenters. The number of carboxylic acids is 1. The van der Waals surface area contributed by atoms with Crippen LogP contribution in [0.25, 0.3) is 10.9 Å². The summed E-state index contributed by atoms with van der Waals surface area (Å²) in [5.74, 6) is -0.736. The van der Waals surface area contributed by atoms with Gasteiger partial charge in [-0.2, -0.15) is 0 Å². The number of aliphatic carboxylic acids is 1. The third kappa shape index (κ3) is 6.50. The number of fused-ring (bicyclic) bond motifs is 1. The van der Waals surface area contributed by atoms with Gasteiger partial charge in [-0.05, 0) is 80.1 Å². The lowest BCUT2D eigenvalue weighted by Gasteiger charge is -2.15. The van der Waals surface area contributed by atoms with E-state index in [2.05, 4.69) is 48.0 Å². The molecule has 40 heavy (non-hydrogen) atoms. The molecule has 1 aromatic heterocycles. The van der Waals surface area contributed by atoms with Crippen LogP contribution in [0.3, 0.4) is 0 Å². The topological polar surface area (TPSA) is 80.6 Å². The molecule has 3 aromatic carbocycles. The number of nitrogens with one attached hydrogen (secondary N) is 1. The molecule has 0 spiro atoms. The molecule has 4 rings (SSSR count). The number of aryl methyl sites for hydroxylation is 2. The number of ether oxygens (including phenoxy) is 1. The Hall–Kier alpha value is -3.77. The molecule has 0 fully saturated rings. The molecular weight excluding hydrogens is 524 g/mol. The second-order valence-electron chi connectivity index (χ2n) is 10.4. The number of carbonyl (C=O) groups excluding carboxylic acids is 1. The quantitative estimate of drug-likeness (QED) is 0.200. The van der Waals surface area contributed by atoms with Gasteiger partial charge in [0.15, 0.2) is 6.10 Å². The van der Waals surface area contributed by atoms with Crippen LogP contribution in [-0.2, 0) is 24.7 Å². The number of hydrogen-bond donors (Lipinski definition) is 2. The summed E-state index contributed by atoms with van der Waals surface area (Å²) >= 11 is 6.56. The number of carbonyl (C=O) groups is 2. The normalized spacial score (nSPS) is 12.8. The van der Waals surface area contributed by atoms with Gasteiger partial charge in [-0.15, -0.1) is 0 Å². The van der Waals surface area contributed by atoms with E-state index in [4.69, 9.17) is 21.4 Å². The first kappa shape index (κ1) is 29.2. The molecule has 1 heterocycles. The van der Waals surface area contributed by atoms with Crippen molar-refractivity contribution in [3.05, 3.63) is 99.2 Å². The Balaban J connectivity index is 1.51. The van der Waals surface area contributed by atoms with E-state index in [0.29, 0.717) is 22.8 Å². The highest BCUT2D eigenvalue weighted by Gasteiger charge is 2.18. The first-order chi connectivity index (χ1) is 19.1. The lowest BCUT2D eigenvalue weighted by atomic mass is 10.0. The van der Waals surface area contributed by atoms with Crippen molar-refractivity contribution in [2.45, 2.75) is 65.5 Å². The average molecular weight is 561 g/mol. The summed E-state index contributed by atoms with van der Waals surface area (Å²) in [6.45, 7) is 7.73. The van der Waals surface area contributed by atoms with Gasteiger partial charge >= 0.3 is 5.97 Å². The zero-order chi connectivity index (χ0) is 29.0. The minimum atomic E-state index is -1.04. The van der Waals surface area contributed by atoms with E-state index in [1.54, 1.807) is 12.1 Å². The van der Waals surface area contributed by atoms with E-state index in [0.717, 1.165) is 39.7 Å². The molecule has 1 amide bonds. The molecular formula is C33H37ClN2O4. The molecule has 6 nitrogen and oxygen atoms in total. The smallest absolute Gasteiger partial charge is 0.344 e. The molecule has 0 saturated carbocycles. The Bertz CT molecular complexity index is 1520. The van der Waals surface area contributed by atoms with Crippen molar-refractivity contribution in [3.63, 3.8) is 0 Å². The van der Waals surface area contributed by atoms with E-state index in [1.165, 1.54) is 25.3 Å². The predicted molar refractivity (Wildman–Crippen MR) is 161 cm³/mol. The van der Waals surface area contributed by atoms with Crippen molar-refractivity contribution >= 4 is 34.4 Å². The fourth-order valence-electron chi connectivity index (χ4n) is 4.91. The summed E-state index contributed by atoms with van der Waals surface area (Å²) in [6.07, 6.45) is 3.05. The van der Waals surface area contributed by atoms with Crippen molar-refractivity contribution in [1.82, 2.24) is 9.88 Å². The Morgan fingerprint density at radius 1 is 1.05 bits per heavy atom. The number of aromatic nitrogens is 1. The second kappa shape index (κ2) is 12.6. The maximum atomic E-state index is 13.2. The number of halogens is 1. The Kier molecular flexibility index (Phi) is 9.21. The maximum Gasteiger partial charge on any atom is 0.344 e. The number of unbranched alkanes of at least 4 members (excludes halogenated alkanes) is 1. The van der Waals surface area contributed by atoms with Crippen LogP contribution in [0, 0.1) is 6.92 Å². The van der Waals surface area contributed by atoms with Crippen LogP contribution < -0.4 is 10.1 Å². The van der Waals surface area contributed by atoms with Crippen LogP contribution in [0.15, 0.2) is 60.7 Å². The fourth-order valence-corrected chi connectivity index (χ4v) is 5.15. The van der Waals surface area contributed by atoms with Crippen molar-refractivity contribution in [1.29, 1.82) is 0 Å².